The molecule has 1 atom stereocenters. The lowest BCUT2D eigenvalue weighted by molar-refractivity contribution is -0.118. The van der Waals surface area contributed by atoms with Crippen molar-refractivity contribution < 1.29 is 14.3 Å². The third-order valence-electron chi connectivity index (χ3n) is 4.69. The fourth-order valence-electron chi connectivity index (χ4n) is 3.02. The molecule has 158 valence electrons. The summed E-state index contributed by atoms with van der Waals surface area (Å²) in [6.45, 7) is 7.78. The molecule has 0 aliphatic heterocycles. The van der Waals surface area contributed by atoms with Crippen LogP contribution in [-0.2, 0) is 4.79 Å². The number of anilines is 2. The van der Waals surface area contributed by atoms with Gasteiger partial charge in [0, 0.05) is 11.6 Å². The summed E-state index contributed by atoms with van der Waals surface area (Å²) in [6, 6.07) is 10.4. The largest absolute Gasteiger partial charge is 0.493 e. The van der Waals surface area contributed by atoms with E-state index in [4.69, 9.17) is 10.5 Å². The number of hydrogen-bond acceptors (Lipinski definition) is 5. The Morgan fingerprint density at radius 1 is 1.17 bits per heavy atom. The van der Waals surface area contributed by atoms with Crippen LogP contribution in [0.25, 0.3) is 11.0 Å². The second kappa shape index (κ2) is 8.86. The normalized spacial score (nSPS) is 12.0. The lowest BCUT2D eigenvalue weighted by Gasteiger charge is -2.17. The molecule has 30 heavy (non-hydrogen) atoms. The van der Waals surface area contributed by atoms with Crippen molar-refractivity contribution in [3.63, 3.8) is 0 Å². The van der Waals surface area contributed by atoms with Gasteiger partial charge in [0.2, 0.25) is 5.91 Å². The molecule has 8 heteroatoms. The van der Waals surface area contributed by atoms with Gasteiger partial charge in [-0.05, 0) is 49.7 Å². The molecule has 0 aliphatic carbocycles. The molecule has 0 bridgehead atoms. The molecule has 0 saturated heterocycles. The summed E-state index contributed by atoms with van der Waals surface area (Å²) in [6.07, 6.45) is 0. The summed E-state index contributed by atoms with van der Waals surface area (Å²) < 4.78 is 5.61. The maximum atomic E-state index is 13.0. The first kappa shape index (κ1) is 21.2. The molecule has 3 rings (SSSR count). The predicted octanol–water partition coefficient (Wildman–Crippen LogP) is 3.63. The molecule has 3 aromatic rings. The number of carbonyl (C=O) groups is 2. The Labute approximate surface area is 175 Å². The molecular weight excluding hydrogens is 382 g/mol. The van der Waals surface area contributed by atoms with E-state index in [9.17, 15) is 9.59 Å². The Balaban J connectivity index is 1.83. The van der Waals surface area contributed by atoms with Crippen LogP contribution in [0.1, 0.15) is 49.7 Å². The van der Waals surface area contributed by atoms with E-state index < -0.39 is 0 Å². The number of nitrogens with one attached hydrogen (secondary N) is 3. The number of hydrogen-bond donors (Lipinski definition) is 4. The monoisotopic (exact) mass is 409 g/mol. The molecule has 0 saturated carbocycles. The number of carbonyl (C=O) groups excluding carboxylic acids is 2. The molecule has 0 radical (unpaired) electrons. The summed E-state index contributed by atoms with van der Waals surface area (Å²) in [4.78, 5) is 32.2. The molecule has 2 amide bonds. The van der Waals surface area contributed by atoms with E-state index in [1.807, 2.05) is 45.9 Å². The molecule has 5 N–H and O–H groups in total. The van der Waals surface area contributed by atoms with E-state index in [1.54, 1.807) is 18.2 Å². The van der Waals surface area contributed by atoms with Crippen molar-refractivity contribution in [3.05, 3.63) is 47.5 Å². The highest BCUT2D eigenvalue weighted by Crippen LogP contribution is 2.25. The number of benzene rings is 2. The molecule has 8 nitrogen and oxygen atoms in total. The van der Waals surface area contributed by atoms with Gasteiger partial charge < -0.3 is 26.1 Å². The maximum absolute atomic E-state index is 13.0. The number of ether oxygens (including phenoxy) is 1. The average molecular weight is 409 g/mol. The van der Waals surface area contributed by atoms with Crippen LogP contribution in [0.15, 0.2) is 36.4 Å². The molecule has 1 aromatic heterocycles. The highest BCUT2D eigenvalue weighted by Gasteiger charge is 2.18. The van der Waals surface area contributed by atoms with Gasteiger partial charge in [0.1, 0.15) is 5.75 Å². The van der Waals surface area contributed by atoms with Gasteiger partial charge in [-0.15, -0.1) is 0 Å². The number of H-pyrrole nitrogens is 1. The number of nitrogens with two attached hydrogens (primary N) is 1. The van der Waals surface area contributed by atoms with Crippen LogP contribution in [0.2, 0.25) is 0 Å². The van der Waals surface area contributed by atoms with Gasteiger partial charge in [0.15, 0.2) is 5.95 Å². The summed E-state index contributed by atoms with van der Waals surface area (Å²) in [5, 5.41) is 5.80. The number of amides is 2. The van der Waals surface area contributed by atoms with Crippen LogP contribution in [0.5, 0.6) is 5.75 Å². The Morgan fingerprint density at radius 2 is 1.93 bits per heavy atom. The Bertz CT molecular complexity index is 1070. The lowest BCUT2D eigenvalue weighted by Crippen LogP contribution is -2.27. The van der Waals surface area contributed by atoms with E-state index >= 15 is 0 Å². The molecular formula is C22H27N5O3. The fraction of sp³-hybridized carbons (Fsp3) is 0.318. The number of imidazole rings is 1. The molecule has 0 spiro atoms. The van der Waals surface area contributed by atoms with Crippen LogP contribution in [0.4, 0.5) is 11.6 Å². The minimum absolute atomic E-state index is 0.120. The van der Waals surface area contributed by atoms with Crippen molar-refractivity contribution in [2.75, 3.05) is 17.7 Å². The van der Waals surface area contributed by atoms with Gasteiger partial charge >= 0.3 is 0 Å². The van der Waals surface area contributed by atoms with E-state index in [2.05, 4.69) is 20.6 Å². The Morgan fingerprint density at radius 3 is 2.63 bits per heavy atom. The van der Waals surface area contributed by atoms with Crippen molar-refractivity contribution in [1.82, 2.24) is 15.3 Å². The SMILES string of the molecule is CCOc1ccc(NC(=O)C(C)C)cc1C(=O)NC(C)c1ccc2[nH]c(N)nc2c1. The third-order valence-corrected chi connectivity index (χ3v) is 4.69. The van der Waals surface area contributed by atoms with Crippen molar-refractivity contribution >= 4 is 34.5 Å². The first-order valence-electron chi connectivity index (χ1n) is 9.92. The van der Waals surface area contributed by atoms with Gasteiger partial charge in [-0.3, -0.25) is 9.59 Å². The average Bonchev–Trinajstić information content (AvgIpc) is 3.08. The van der Waals surface area contributed by atoms with Crippen LogP contribution >= 0.6 is 0 Å². The van der Waals surface area contributed by atoms with Gasteiger partial charge in [0.25, 0.3) is 5.91 Å². The second-order valence-electron chi connectivity index (χ2n) is 7.38. The van der Waals surface area contributed by atoms with E-state index in [0.29, 0.717) is 29.6 Å². The smallest absolute Gasteiger partial charge is 0.255 e. The summed E-state index contributed by atoms with van der Waals surface area (Å²) in [5.74, 6) is 0.222. The van der Waals surface area contributed by atoms with Gasteiger partial charge in [-0.1, -0.05) is 19.9 Å². The van der Waals surface area contributed by atoms with Gasteiger partial charge in [-0.25, -0.2) is 4.98 Å². The number of fused-ring (bicyclic) bond motifs is 1. The maximum Gasteiger partial charge on any atom is 0.255 e. The quantitative estimate of drug-likeness (QED) is 0.475. The van der Waals surface area contributed by atoms with E-state index in [0.717, 1.165) is 16.6 Å². The molecule has 0 aliphatic rings. The summed E-state index contributed by atoms with van der Waals surface area (Å²) in [5.41, 5.74) is 9.07. The fourth-order valence-corrected chi connectivity index (χ4v) is 3.02. The number of aromatic amines is 1. The third kappa shape index (κ3) is 4.71. The standard InChI is InChI=1S/C22H27N5O3/c1-5-30-19-9-7-15(25-20(28)12(2)3)11-16(19)21(29)24-13(4)14-6-8-17-18(10-14)27-22(23)26-17/h6-13H,5H2,1-4H3,(H,24,29)(H,25,28)(H3,23,26,27). The highest BCUT2D eigenvalue weighted by molar-refractivity contribution is 6.00. The zero-order chi connectivity index (χ0) is 21.8. The number of nitrogens with zero attached hydrogens (tertiary/aromatic N) is 1. The first-order valence-corrected chi connectivity index (χ1v) is 9.92. The Kier molecular flexibility index (Phi) is 6.25. The molecule has 1 heterocycles. The molecule has 0 fully saturated rings. The van der Waals surface area contributed by atoms with Gasteiger partial charge in [0.05, 0.1) is 29.2 Å². The van der Waals surface area contributed by atoms with Crippen LogP contribution in [0.3, 0.4) is 0 Å². The zero-order valence-corrected chi connectivity index (χ0v) is 17.6. The lowest BCUT2D eigenvalue weighted by atomic mass is 10.1. The van der Waals surface area contributed by atoms with Gasteiger partial charge in [-0.2, -0.15) is 0 Å². The molecule has 1 unspecified atom stereocenters. The van der Waals surface area contributed by atoms with Crippen molar-refractivity contribution in [2.24, 2.45) is 5.92 Å². The van der Waals surface area contributed by atoms with Crippen LogP contribution < -0.4 is 21.1 Å². The predicted molar refractivity (Wildman–Crippen MR) is 117 cm³/mol. The summed E-state index contributed by atoms with van der Waals surface area (Å²) in [7, 11) is 0. The summed E-state index contributed by atoms with van der Waals surface area (Å²) >= 11 is 0. The minimum atomic E-state index is -0.298. The minimum Gasteiger partial charge on any atom is -0.493 e. The zero-order valence-electron chi connectivity index (χ0n) is 17.6. The second-order valence-corrected chi connectivity index (χ2v) is 7.38. The number of rotatable bonds is 7. The van der Waals surface area contributed by atoms with Crippen molar-refractivity contribution in [3.8, 4) is 5.75 Å². The van der Waals surface area contributed by atoms with Crippen molar-refractivity contribution in [1.29, 1.82) is 0 Å². The first-order chi connectivity index (χ1) is 14.3. The Hall–Kier alpha value is -3.55. The number of aromatic nitrogens is 2. The number of nitrogen functional groups attached to an aromatic ring is 1. The van der Waals surface area contributed by atoms with E-state index in [-0.39, 0.29) is 23.8 Å². The van der Waals surface area contributed by atoms with Crippen LogP contribution in [0, 0.1) is 5.92 Å². The molecule has 2 aromatic carbocycles. The van der Waals surface area contributed by atoms with E-state index in [1.165, 1.54) is 0 Å². The topological polar surface area (TPSA) is 122 Å². The van der Waals surface area contributed by atoms with Crippen LogP contribution in [-0.4, -0.2) is 28.4 Å². The van der Waals surface area contributed by atoms with Crippen molar-refractivity contribution in [2.45, 2.75) is 33.7 Å². The highest BCUT2D eigenvalue weighted by atomic mass is 16.5.